The maximum absolute atomic E-state index is 12.4. The van der Waals surface area contributed by atoms with Gasteiger partial charge in [-0.05, 0) is 44.2 Å². The van der Waals surface area contributed by atoms with E-state index in [4.69, 9.17) is 4.74 Å². The van der Waals surface area contributed by atoms with E-state index >= 15 is 0 Å². The summed E-state index contributed by atoms with van der Waals surface area (Å²) >= 11 is 0. The van der Waals surface area contributed by atoms with Crippen LogP contribution in [0, 0.1) is 6.92 Å². The summed E-state index contributed by atoms with van der Waals surface area (Å²) in [6, 6.07) is 12.3. The zero-order valence-corrected chi connectivity index (χ0v) is 15.5. The van der Waals surface area contributed by atoms with Crippen molar-refractivity contribution in [2.45, 2.75) is 24.8 Å². The minimum atomic E-state index is -3.78. The number of ether oxygens (including phenoxy) is 1. The normalized spacial score (nSPS) is 12.1. The fourth-order valence-electron chi connectivity index (χ4n) is 2.13. The van der Waals surface area contributed by atoms with Gasteiger partial charge in [0.1, 0.15) is 0 Å². The van der Waals surface area contributed by atoms with Crippen LogP contribution in [0.4, 0.5) is 5.69 Å². The van der Waals surface area contributed by atoms with E-state index in [9.17, 15) is 18.0 Å². The van der Waals surface area contributed by atoms with Crippen molar-refractivity contribution in [3.05, 3.63) is 59.7 Å². The van der Waals surface area contributed by atoms with Crippen LogP contribution in [0.2, 0.25) is 0 Å². The number of aryl methyl sites for hydroxylation is 1. The van der Waals surface area contributed by atoms with Crippen molar-refractivity contribution >= 4 is 27.6 Å². The predicted octanol–water partition coefficient (Wildman–Crippen LogP) is 2.09. The quantitative estimate of drug-likeness (QED) is 0.752. The third-order valence-corrected chi connectivity index (χ3v) is 4.98. The maximum Gasteiger partial charge on any atom is 0.338 e. The monoisotopic (exact) mass is 376 g/mol. The Bertz CT molecular complexity index is 907. The number of likely N-dealkylation sites (N-methyl/N-ethyl adjacent to an activating group) is 1. The Morgan fingerprint density at radius 3 is 2.35 bits per heavy atom. The second kappa shape index (κ2) is 8.01. The first kappa shape index (κ1) is 19.5. The Labute approximate surface area is 152 Å². The fourth-order valence-corrected chi connectivity index (χ4v) is 3.18. The Morgan fingerprint density at radius 1 is 1.08 bits per heavy atom. The number of hydrogen-bond acceptors (Lipinski definition) is 5. The number of hydrogen-bond donors (Lipinski definition) is 2. The number of nitrogens with one attached hydrogen (secondary N) is 2. The van der Waals surface area contributed by atoms with Crippen molar-refractivity contribution < 1.29 is 22.7 Å². The van der Waals surface area contributed by atoms with Gasteiger partial charge in [0, 0.05) is 12.7 Å². The van der Waals surface area contributed by atoms with Gasteiger partial charge in [0.15, 0.2) is 6.10 Å². The number of rotatable bonds is 6. The lowest BCUT2D eigenvalue weighted by Gasteiger charge is -2.13. The van der Waals surface area contributed by atoms with Crippen molar-refractivity contribution in [3.8, 4) is 0 Å². The number of anilines is 1. The van der Waals surface area contributed by atoms with Crippen molar-refractivity contribution in [3.63, 3.8) is 0 Å². The van der Waals surface area contributed by atoms with E-state index in [1.807, 2.05) is 6.92 Å². The zero-order chi connectivity index (χ0) is 19.3. The van der Waals surface area contributed by atoms with Gasteiger partial charge in [0.2, 0.25) is 0 Å². The van der Waals surface area contributed by atoms with Gasteiger partial charge in [-0.15, -0.1) is 0 Å². The molecule has 0 fully saturated rings. The van der Waals surface area contributed by atoms with Crippen LogP contribution in [-0.4, -0.2) is 33.4 Å². The van der Waals surface area contributed by atoms with Gasteiger partial charge in [-0.1, -0.05) is 23.8 Å². The molecule has 0 bridgehead atoms. The molecule has 2 aromatic rings. The average Bonchev–Trinajstić information content (AvgIpc) is 2.61. The van der Waals surface area contributed by atoms with Crippen LogP contribution in [0.25, 0.3) is 0 Å². The van der Waals surface area contributed by atoms with Gasteiger partial charge in [-0.25, -0.2) is 13.2 Å². The largest absolute Gasteiger partial charge is 0.449 e. The Hall–Kier alpha value is -2.87. The van der Waals surface area contributed by atoms with E-state index in [-0.39, 0.29) is 16.1 Å². The number of sulfonamides is 1. The lowest BCUT2D eigenvalue weighted by molar-refractivity contribution is -0.128. The molecule has 0 aliphatic heterocycles. The second-order valence-electron chi connectivity index (χ2n) is 5.66. The topological polar surface area (TPSA) is 102 Å². The first-order valence-electron chi connectivity index (χ1n) is 7.85. The Balaban J connectivity index is 2.17. The van der Waals surface area contributed by atoms with Crippen molar-refractivity contribution in [2.24, 2.45) is 0 Å². The van der Waals surface area contributed by atoms with Gasteiger partial charge >= 0.3 is 5.97 Å². The molecule has 2 N–H and O–H groups in total. The lowest BCUT2D eigenvalue weighted by Crippen LogP contribution is -2.33. The number of amides is 1. The van der Waals surface area contributed by atoms with E-state index in [1.165, 1.54) is 50.4 Å². The molecular weight excluding hydrogens is 356 g/mol. The van der Waals surface area contributed by atoms with E-state index < -0.39 is 28.0 Å². The molecule has 0 spiro atoms. The molecule has 0 saturated carbocycles. The van der Waals surface area contributed by atoms with Crippen LogP contribution in [0.15, 0.2) is 53.4 Å². The highest BCUT2D eigenvalue weighted by atomic mass is 32.2. The molecule has 0 saturated heterocycles. The van der Waals surface area contributed by atoms with E-state index in [0.717, 1.165) is 5.56 Å². The first-order chi connectivity index (χ1) is 12.2. The summed E-state index contributed by atoms with van der Waals surface area (Å²) < 4.78 is 32.3. The van der Waals surface area contributed by atoms with Gasteiger partial charge in [0.05, 0.1) is 10.5 Å². The number of carbonyl (C=O) groups is 2. The van der Waals surface area contributed by atoms with Crippen LogP contribution < -0.4 is 10.0 Å². The van der Waals surface area contributed by atoms with Crippen LogP contribution in [0.3, 0.4) is 0 Å². The third-order valence-electron chi connectivity index (χ3n) is 3.58. The number of esters is 1. The SMILES string of the molecule is CNC(=O)[C@@H](C)OC(=O)c1cccc(NS(=O)(=O)c2ccc(C)cc2)c1. The molecule has 2 rings (SSSR count). The molecule has 2 aromatic carbocycles. The molecule has 8 heteroatoms. The molecule has 1 amide bonds. The molecule has 0 aromatic heterocycles. The van der Waals surface area contributed by atoms with Gasteiger partial charge in [-0.2, -0.15) is 0 Å². The Morgan fingerprint density at radius 2 is 1.73 bits per heavy atom. The van der Waals surface area contributed by atoms with Crippen LogP contribution in [0.1, 0.15) is 22.8 Å². The van der Waals surface area contributed by atoms with Crippen LogP contribution >= 0.6 is 0 Å². The summed E-state index contributed by atoms with van der Waals surface area (Å²) in [6.07, 6.45) is -0.958. The molecule has 7 nitrogen and oxygen atoms in total. The highest BCUT2D eigenvalue weighted by Gasteiger charge is 2.19. The number of benzene rings is 2. The summed E-state index contributed by atoms with van der Waals surface area (Å²) in [7, 11) is -2.34. The molecule has 0 unspecified atom stereocenters. The van der Waals surface area contributed by atoms with E-state index in [1.54, 1.807) is 12.1 Å². The molecule has 0 heterocycles. The molecule has 0 aliphatic rings. The van der Waals surface area contributed by atoms with Gasteiger partial charge in [0.25, 0.3) is 15.9 Å². The minimum Gasteiger partial charge on any atom is -0.449 e. The molecule has 0 aliphatic carbocycles. The van der Waals surface area contributed by atoms with E-state index in [2.05, 4.69) is 10.0 Å². The standard InChI is InChI=1S/C18H20N2O5S/c1-12-7-9-16(10-8-12)26(23,24)20-15-6-4-5-14(11-15)18(22)25-13(2)17(21)19-3/h4-11,13,20H,1-3H3,(H,19,21)/t13-/m1/s1. The Kier molecular flexibility index (Phi) is 5.99. The third kappa shape index (κ3) is 4.82. The smallest absolute Gasteiger partial charge is 0.338 e. The minimum absolute atomic E-state index is 0.115. The van der Waals surface area contributed by atoms with Crippen LogP contribution in [0.5, 0.6) is 0 Å². The van der Waals surface area contributed by atoms with Gasteiger partial charge in [-0.3, -0.25) is 9.52 Å². The summed E-state index contributed by atoms with van der Waals surface area (Å²) in [5.41, 5.74) is 1.29. The predicted molar refractivity (Wildman–Crippen MR) is 97.4 cm³/mol. The average molecular weight is 376 g/mol. The van der Waals surface area contributed by atoms with Crippen LogP contribution in [-0.2, 0) is 19.6 Å². The van der Waals surface area contributed by atoms with Crippen molar-refractivity contribution in [2.75, 3.05) is 11.8 Å². The highest BCUT2D eigenvalue weighted by Crippen LogP contribution is 2.18. The maximum atomic E-state index is 12.4. The molecule has 26 heavy (non-hydrogen) atoms. The molecule has 0 radical (unpaired) electrons. The summed E-state index contributed by atoms with van der Waals surface area (Å²) in [4.78, 5) is 23.7. The summed E-state index contributed by atoms with van der Waals surface area (Å²) in [5.74, 6) is -1.16. The summed E-state index contributed by atoms with van der Waals surface area (Å²) in [5, 5.41) is 2.38. The lowest BCUT2D eigenvalue weighted by atomic mass is 10.2. The molecular formula is C18H20N2O5S. The van der Waals surface area contributed by atoms with Gasteiger partial charge < -0.3 is 10.1 Å². The molecule has 1 atom stereocenters. The van der Waals surface area contributed by atoms with Crippen molar-refractivity contribution in [1.29, 1.82) is 0 Å². The van der Waals surface area contributed by atoms with E-state index in [0.29, 0.717) is 0 Å². The van der Waals surface area contributed by atoms with Crippen molar-refractivity contribution in [1.82, 2.24) is 5.32 Å². The molecule has 138 valence electrons. The summed E-state index contributed by atoms with van der Waals surface area (Å²) in [6.45, 7) is 3.30. The highest BCUT2D eigenvalue weighted by molar-refractivity contribution is 7.92. The fraction of sp³-hybridized carbons (Fsp3) is 0.222. The second-order valence-corrected chi connectivity index (χ2v) is 7.34. The zero-order valence-electron chi connectivity index (χ0n) is 14.6. The first-order valence-corrected chi connectivity index (χ1v) is 9.33. The number of carbonyl (C=O) groups excluding carboxylic acids is 2.